The van der Waals surface area contributed by atoms with Crippen molar-refractivity contribution in [2.75, 3.05) is 12.8 Å². The minimum Gasteiger partial charge on any atom is -0.497 e. The molecule has 0 aliphatic carbocycles. The Balaban J connectivity index is 0.000000505. The Hall–Kier alpha value is -2.17. The molecule has 2 N–H and O–H groups in total. The lowest BCUT2D eigenvalue weighted by Crippen LogP contribution is -2.68. The van der Waals surface area contributed by atoms with E-state index in [-0.39, 0.29) is 0 Å². The molecule has 0 unspecified atom stereocenters. The van der Waals surface area contributed by atoms with Gasteiger partial charge < -0.3 is 15.2 Å². The fraction of sp³-hybridized carbons (Fsp3) is 0.286. The van der Waals surface area contributed by atoms with E-state index in [1.165, 1.54) is 0 Å². The molecule has 24 heavy (non-hydrogen) atoms. The predicted molar refractivity (Wildman–Crippen MR) is 71.9 cm³/mol. The van der Waals surface area contributed by atoms with Crippen molar-refractivity contribution in [2.24, 2.45) is 7.05 Å². The highest BCUT2D eigenvalue weighted by Gasteiger charge is 2.12. The number of ether oxygens (including phenoxy) is 2. The van der Waals surface area contributed by atoms with Gasteiger partial charge in [0.15, 0.2) is 0 Å². The van der Waals surface area contributed by atoms with Crippen LogP contribution in [0.2, 0.25) is 0 Å². The van der Waals surface area contributed by atoms with Crippen molar-refractivity contribution >= 4 is 5.82 Å². The maximum absolute atomic E-state index is 8.49. The van der Waals surface area contributed by atoms with E-state index in [4.69, 9.17) is 33.8 Å². The predicted octanol–water partition coefficient (Wildman–Crippen LogP) is -3.37. The molecule has 132 valence electrons. The fourth-order valence-corrected chi connectivity index (χ4v) is 1.68. The van der Waals surface area contributed by atoms with E-state index in [1.54, 1.807) is 7.11 Å². The Kier molecular flexibility index (Phi) is 7.14. The van der Waals surface area contributed by atoms with Gasteiger partial charge in [-0.3, -0.25) is 0 Å². The lowest BCUT2D eigenvalue weighted by Gasteiger charge is -2.17. The molecule has 1 aromatic carbocycles. The van der Waals surface area contributed by atoms with Crippen molar-refractivity contribution in [3.63, 3.8) is 0 Å². The van der Waals surface area contributed by atoms with Crippen LogP contribution in [0.1, 0.15) is 11.4 Å². The van der Waals surface area contributed by atoms with E-state index in [9.17, 15) is 0 Å². The molecule has 9 nitrogen and oxygen atoms in total. The number of benzene rings is 1. The quantitative estimate of drug-likeness (QED) is 0.555. The van der Waals surface area contributed by atoms with Crippen LogP contribution in [-0.4, -0.2) is 12.1 Å². The van der Waals surface area contributed by atoms with Crippen LogP contribution in [0.3, 0.4) is 0 Å². The second-order valence-corrected chi connectivity index (χ2v) is 5.41. The third-order valence-electron chi connectivity index (χ3n) is 2.91. The molecule has 2 rings (SSSR count). The molecule has 1 aromatic heterocycles. The summed E-state index contributed by atoms with van der Waals surface area (Å²) in [4.78, 5) is 4.26. The van der Waals surface area contributed by atoms with E-state index in [1.807, 2.05) is 49.0 Å². The van der Waals surface area contributed by atoms with Crippen molar-refractivity contribution in [1.29, 1.82) is 0 Å². The van der Waals surface area contributed by atoms with Gasteiger partial charge in [-0.2, -0.15) is 0 Å². The highest BCUT2D eigenvalue weighted by molar-refractivity contribution is 5.37. The molecule has 2 aromatic rings. The molecule has 0 fully saturated rings. The molecule has 0 saturated heterocycles. The maximum atomic E-state index is 8.49. The second kappa shape index (κ2) is 8.62. The molecule has 0 bridgehead atoms. The first-order chi connectivity index (χ1) is 11.1. The summed E-state index contributed by atoms with van der Waals surface area (Å²) in [6.45, 7) is 2.28. The molecular formula is C14H18ClN3O6. The molecule has 0 aliphatic heterocycles. The Morgan fingerprint density at radius 3 is 2.38 bits per heavy atom. The summed E-state index contributed by atoms with van der Waals surface area (Å²) in [6, 6.07) is 7.46. The topological polar surface area (TPSA) is 153 Å². The normalized spacial score (nSPS) is 10.6. The van der Waals surface area contributed by atoms with E-state index in [0.717, 1.165) is 22.9 Å². The van der Waals surface area contributed by atoms with Crippen LogP contribution < -0.4 is 38.4 Å². The molecule has 0 atom stereocenters. The number of methoxy groups -OCH3 is 1. The summed E-state index contributed by atoms with van der Waals surface area (Å²) < 4.78 is 46.7. The average Bonchev–Trinajstić information content (AvgIpc) is 2.48. The van der Waals surface area contributed by atoms with Crippen LogP contribution in [0.5, 0.6) is 11.5 Å². The fourth-order valence-electron chi connectivity index (χ4n) is 1.68. The van der Waals surface area contributed by atoms with Crippen LogP contribution in [0, 0.1) is 17.2 Å². The summed E-state index contributed by atoms with van der Waals surface area (Å²) in [6.07, 6.45) is 1.93. The van der Waals surface area contributed by atoms with Gasteiger partial charge in [0, 0.05) is 13.0 Å². The van der Waals surface area contributed by atoms with E-state index >= 15 is 0 Å². The Bertz CT molecular complexity index is 672. The zero-order chi connectivity index (χ0) is 18.3. The van der Waals surface area contributed by atoms with Gasteiger partial charge in [-0.15, -0.1) is 10.2 Å². The second-order valence-electron chi connectivity index (χ2n) is 4.66. The molecule has 1 heterocycles. The van der Waals surface area contributed by atoms with Gasteiger partial charge in [0.2, 0.25) is 5.82 Å². The van der Waals surface area contributed by atoms with Crippen LogP contribution in [0.15, 0.2) is 30.5 Å². The van der Waals surface area contributed by atoms with Crippen LogP contribution in [0.25, 0.3) is 0 Å². The third kappa shape index (κ3) is 7.40. The Labute approximate surface area is 141 Å². The van der Waals surface area contributed by atoms with Gasteiger partial charge in [-0.05, 0) is 17.1 Å². The first kappa shape index (κ1) is 19.9. The number of hydrogen-bond acceptors (Lipinski definition) is 8. The number of rotatable bonds is 4. The summed E-state index contributed by atoms with van der Waals surface area (Å²) in [5.41, 5.74) is 6.74. The standard InChI is InChI=1S/C14H17N3O2.ClHO4/c1-10-16-14(15)11(8-17(10)2)9-19-13-6-4-5-12(7-13)18-3;2-1(3,4)5/h4-8,15H,9H2,1-3H3;(H,2,3,4,5). The van der Waals surface area contributed by atoms with Crippen molar-refractivity contribution in [3.8, 4) is 11.5 Å². The molecule has 0 amide bonds. The molecule has 0 spiro atoms. The van der Waals surface area contributed by atoms with Gasteiger partial charge in [-0.1, -0.05) is 6.07 Å². The van der Waals surface area contributed by atoms with Crippen molar-refractivity contribution in [3.05, 3.63) is 41.9 Å². The summed E-state index contributed by atoms with van der Waals surface area (Å²) in [5.74, 6) is 2.86. The number of halogens is 1. The van der Waals surface area contributed by atoms with Crippen molar-refractivity contribution in [1.82, 2.24) is 4.98 Å². The first-order valence-corrected chi connectivity index (χ1v) is 7.84. The highest BCUT2D eigenvalue weighted by atomic mass is 35.7. The summed E-state index contributed by atoms with van der Waals surface area (Å²) in [7, 11) is -1.39. The lowest BCUT2D eigenvalue weighted by atomic mass is 10.3. The zero-order valence-corrected chi connectivity index (χ0v) is 14.1. The van der Waals surface area contributed by atoms with Crippen LogP contribution in [-0.2, 0) is 13.7 Å². The number of hydrogen-bond donors (Lipinski definition) is 1. The van der Waals surface area contributed by atoms with E-state index in [0.29, 0.717) is 12.4 Å². The van der Waals surface area contributed by atoms with Crippen molar-refractivity contribution < 1.29 is 42.9 Å². The molecule has 0 saturated carbocycles. The van der Waals surface area contributed by atoms with Crippen LogP contribution in [0.4, 0.5) is 5.82 Å². The number of nitrogens with zero attached hydrogens (tertiary/aromatic N) is 2. The molecule has 0 aliphatic rings. The number of nitrogens with two attached hydrogens (primary N) is 1. The smallest absolute Gasteiger partial charge is 0.297 e. The molecular weight excluding hydrogens is 342 g/mol. The van der Waals surface area contributed by atoms with Crippen LogP contribution >= 0.6 is 0 Å². The number of aromatic nitrogens is 2. The maximum Gasteiger partial charge on any atom is 0.297 e. The summed E-state index contributed by atoms with van der Waals surface area (Å²) in [5, 5.41) is 0. The van der Waals surface area contributed by atoms with Gasteiger partial charge in [0.1, 0.15) is 24.3 Å². The number of nitrogen functional groups attached to an aromatic ring is 1. The lowest BCUT2D eigenvalue weighted by molar-refractivity contribution is -2.00. The van der Waals surface area contributed by atoms with E-state index in [2.05, 4.69) is 4.98 Å². The number of aryl methyl sites for hydroxylation is 2. The number of anilines is 1. The van der Waals surface area contributed by atoms with Gasteiger partial charge in [-0.25, -0.2) is 23.2 Å². The highest BCUT2D eigenvalue weighted by Crippen LogP contribution is 2.20. The van der Waals surface area contributed by atoms with E-state index < -0.39 is 10.2 Å². The first-order valence-electron chi connectivity index (χ1n) is 6.60. The molecule has 10 heteroatoms. The van der Waals surface area contributed by atoms with Gasteiger partial charge in [0.25, 0.3) is 5.82 Å². The third-order valence-corrected chi connectivity index (χ3v) is 2.91. The minimum absolute atomic E-state index is 0.375. The monoisotopic (exact) mass is 359 g/mol. The van der Waals surface area contributed by atoms with Gasteiger partial charge >= 0.3 is 0 Å². The zero-order valence-electron chi connectivity index (χ0n) is 13.4. The van der Waals surface area contributed by atoms with Gasteiger partial charge in [0.05, 0.1) is 19.7 Å². The minimum atomic E-state index is -4.94. The van der Waals surface area contributed by atoms with Crippen molar-refractivity contribution in [2.45, 2.75) is 13.5 Å². The SMILES string of the molecule is COc1cccc(OCc2c[n+](C)c(C)nc2N)c1.[O-][Cl+3]([O-])([O-])[O-]. The average molecular weight is 360 g/mol. The Morgan fingerprint density at radius 2 is 1.79 bits per heavy atom. The largest absolute Gasteiger partial charge is 0.497 e. The molecule has 0 radical (unpaired) electrons. The summed E-state index contributed by atoms with van der Waals surface area (Å²) >= 11 is 0. The Morgan fingerprint density at radius 1 is 1.21 bits per heavy atom.